The first-order valence-electron chi connectivity index (χ1n) is 6.12. The molecule has 0 bridgehead atoms. The number of hydrogen-bond donors (Lipinski definition) is 3. The van der Waals surface area contributed by atoms with E-state index >= 15 is 0 Å². The largest absolute Gasteiger partial charge is 0.504 e. The Labute approximate surface area is 123 Å². The van der Waals surface area contributed by atoms with E-state index in [2.05, 4.69) is 4.72 Å². The predicted octanol–water partition coefficient (Wildman–Crippen LogP) is 1.96. The van der Waals surface area contributed by atoms with Crippen molar-refractivity contribution in [2.45, 2.75) is 4.90 Å². The summed E-state index contributed by atoms with van der Waals surface area (Å²) in [5.74, 6) is -1.16. The Kier molecular flexibility index (Phi) is 3.95. The summed E-state index contributed by atoms with van der Waals surface area (Å²) in [4.78, 5) is 1.51. The van der Waals surface area contributed by atoms with Gasteiger partial charge in [-0.2, -0.15) is 0 Å². The van der Waals surface area contributed by atoms with Crippen molar-refractivity contribution < 1.29 is 18.6 Å². The third-order valence-electron chi connectivity index (χ3n) is 2.90. The molecule has 2 aromatic rings. The third-order valence-corrected chi connectivity index (χ3v) is 4.32. The molecule has 0 atom stereocenters. The van der Waals surface area contributed by atoms with Gasteiger partial charge in [0.05, 0.1) is 0 Å². The van der Waals surface area contributed by atoms with Crippen LogP contribution in [0.5, 0.6) is 11.5 Å². The molecule has 0 saturated carbocycles. The van der Waals surface area contributed by atoms with Crippen LogP contribution >= 0.6 is 0 Å². The Hall–Kier alpha value is -2.41. The number of aromatic hydroxyl groups is 2. The van der Waals surface area contributed by atoms with E-state index in [1.165, 1.54) is 18.2 Å². The van der Waals surface area contributed by atoms with Gasteiger partial charge in [0.1, 0.15) is 4.90 Å². The van der Waals surface area contributed by atoms with E-state index in [1.807, 2.05) is 19.0 Å². The second-order valence-corrected chi connectivity index (χ2v) is 6.32. The first-order chi connectivity index (χ1) is 9.81. The molecule has 7 heteroatoms. The average molecular weight is 308 g/mol. The number of anilines is 2. The summed E-state index contributed by atoms with van der Waals surface area (Å²) in [5.41, 5.74) is 1.29. The minimum absolute atomic E-state index is 0.364. The molecule has 0 aliphatic carbocycles. The summed E-state index contributed by atoms with van der Waals surface area (Å²) < 4.78 is 26.8. The second kappa shape index (κ2) is 5.53. The van der Waals surface area contributed by atoms with Crippen LogP contribution in [-0.2, 0) is 10.0 Å². The van der Waals surface area contributed by atoms with Gasteiger partial charge in [0.2, 0.25) is 0 Å². The normalized spacial score (nSPS) is 11.1. The Morgan fingerprint density at radius 2 is 1.62 bits per heavy atom. The molecule has 0 amide bonds. The summed E-state index contributed by atoms with van der Waals surface area (Å²) in [5, 5.41) is 19.0. The summed E-state index contributed by atoms with van der Waals surface area (Å²) in [6, 6.07) is 10.5. The van der Waals surface area contributed by atoms with Crippen molar-refractivity contribution in [3.05, 3.63) is 42.5 Å². The van der Waals surface area contributed by atoms with Crippen molar-refractivity contribution in [2.24, 2.45) is 0 Å². The van der Waals surface area contributed by atoms with Gasteiger partial charge in [-0.3, -0.25) is 4.72 Å². The van der Waals surface area contributed by atoms with Crippen LogP contribution in [0.25, 0.3) is 0 Å². The van der Waals surface area contributed by atoms with Crippen molar-refractivity contribution in [1.82, 2.24) is 0 Å². The maximum Gasteiger partial charge on any atom is 0.265 e. The highest BCUT2D eigenvalue weighted by Crippen LogP contribution is 2.32. The lowest BCUT2D eigenvalue weighted by molar-refractivity contribution is 0.393. The van der Waals surface area contributed by atoms with Crippen LogP contribution in [0.3, 0.4) is 0 Å². The van der Waals surface area contributed by atoms with Crippen LogP contribution in [-0.4, -0.2) is 32.7 Å². The summed E-state index contributed by atoms with van der Waals surface area (Å²) in [7, 11) is -0.215. The van der Waals surface area contributed by atoms with Gasteiger partial charge in [-0.25, -0.2) is 8.42 Å². The maximum absolute atomic E-state index is 12.2. The Morgan fingerprint density at radius 3 is 2.19 bits per heavy atom. The zero-order chi connectivity index (χ0) is 15.6. The van der Waals surface area contributed by atoms with Crippen molar-refractivity contribution in [2.75, 3.05) is 23.7 Å². The molecule has 0 aliphatic rings. The van der Waals surface area contributed by atoms with Gasteiger partial charge in [0, 0.05) is 25.5 Å². The van der Waals surface area contributed by atoms with E-state index in [0.29, 0.717) is 5.69 Å². The molecule has 6 nitrogen and oxygen atoms in total. The van der Waals surface area contributed by atoms with Gasteiger partial charge >= 0.3 is 0 Å². The molecular weight excluding hydrogens is 292 g/mol. The van der Waals surface area contributed by atoms with Crippen LogP contribution < -0.4 is 9.62 Å². The van der Waals surface area contributed by atoms with Gasteiger partial charge in [0.15, 0.2) is 11.5 Å². The van der Waals surface area contributed by atoms with E-state index in [1.54, 1.807) is 24.3 Å². The first kappa shape index (κ1) is 15.0. The molecular formula is C14H16N2O4S. The zero-order valence-electron chi connectivity index (χ0n) is 11.6. The number of rotatable bonds is 4. The highest BCUT2D eigenvalue weighted by Gasteiger charge is 2.20. The van der Waals surface area contributed by atoms with Crippen LogP contribution in [0, 0.1) is 0 Å². The van der Waals surface area contributed by atoms with Gasteiger partial charge in [-0.1, -0.05) is 6.07 Å². The fourth-order valence-electron chi connectivity index (χ4n) is 1.77. The van der Waals surface area contributed by atoms with Crippen molar-refractivity contribution >= 4 is 21.4 Å². The molecule has 0 heterocycles. The molecule has 2 rings (SSSR count). The number of phenols is 2. The average Bonchev–Trinajstić information content (AvgIpc) is 2.41. The summed E-state index contributed by atoms with van der Waals surface area (Å²) >= 11 is 0. The lowest BCUT2D eigenvalue weighted by Gasteiger charge is -2.14. The molecule has 2 aromatic carbocycles. The highest BCUT2D eigenvalue weighted by molar-refractivity contribution is 7.92. The number of hydrogen-bond acceptors (Lipinski definition) is 5. The SMILES string of the molecule is CN(C)c1ccc(NS(=O)(=O)c2cccc(O)c2O)cc1. The van der Waals surface area contributed by atoms with Crippen LogP contribution in [0.4, 0.5) is 11.4 Å². The standard InChI is InChI=1S/C14H16N2O4S/c1-16(2)11-8-6-10(7-9-11)15-21(19,20)13-5-3-4-12(17)14(13)18/h3-9,15,17-18H,1-2H3. The number of benzene rings is 2. The van der Waals surface area contributed by atoms with E-state index < -0.39 is 21.5 Å². The Morgan fingerprint density at radius 1 is 1.00 bits per heavy atom. The van der Waals surface area contributed by atoms with Gasteiger partial charge < -0.3 is 15.1 Å². The predicted molar refractivity (Wildman–Crippen MR) is 81.3 cm³/mol. The summed E-state index contributed by atoms with van der Waals surface area (Å²) in [6.45, 7) is 0. The monoisotopic (exact) mass is 308 g/mol. The fourth-order valence-corrected chi connectivity index (χ4v) is 2.94. The quantitative estimate of drug-likeness (QED) is 0.751. The lowest BCUT2D eigenvalue weighted by Crippen LogP contribution is -2.13. The molecule has 0 saturated heterocycles. The number of phenolic OH excluding ortho intramolecular Hbond substituents is 2. The van der Waals surface area contributed by atoms with Crippen molar-refractivity contribution in [1.29, 1.82) is 0 Å². The topological polar surface area (TPSA) is 89.9 Å². The van der Waals surface area contributed by atoms with E-state index in [-0.39, 0.29) is 4.90 Å². The summed E-state index contributed by atoms with van der Waals surface area (Å²) in [6.07, 6.45) is 0. The molecule has 0 aromatic heterocycles. The molecule has 0 fully saturated rings. The number of para-hydroxylation sites is 1. The number of nitrogens with zero attached hydrogens (tertiary/aromatic N) is 1. The van der Waals surface area contributed by atoms with Crippen LogP contribution in [0.1, 0.15) is 0 Å². The lowest BCUT2D eigenvalue weighted by atomic mass is 10.3. The molecule has 3 N–H and O–H groups in total. The van der Waals surface area contributed by atoms with E-state index in [4.69, 9.17) is 0 Å². The second-order valence-electron chi connectivity index (χ2n) is 4.67. The third kappa shape index (κ3) is 3.19. The van der Waals surface area contributed by atoms with Gasteiger partial charge in [-0.15, -0.1) is 0 Å². The van der Waals surface area contributed by atoms with Crippen LogP contribution in [0.2, 0.25) is 0 Å². The van der Waals surface area contributed by atoms with Gasteiger partial charge in [0.25, 0.3) is 10.0 Å². The highest BCUT2D eigenvalue weighted by atomic mass is 32.2. The number of nitrogens with one attached hydrogen (secondary N) is 1. The smallest absolute Gasteiger partial charge is 0.265 e. The molecule has 0 radical (unpaired) electrons. The van der Waals surface area contributed by atoms with E-state index in [0.717, 1.165) is 5.69 Å². The Balaban J connectivity index is 2.31. The van der Waals surface area contributed by atoms with Crippen molar-refractivity contribution in [3.8, 4) is 11.5 Å². The molecule has 112 valence electrons. The minimum atomic E-state index is -3.97. The molecule has 0 unspecified atom stereocenters. The van der Waals surface area contributed by atoms with Crippen LogP contribution in [0.15, 0.2) is 47.4 Å². The fraction of sp³-hybridized carbons (Fsp3) is 0.143. The zero-order valence-corrected chi connectivity index (χ0v) is 12.4. The first-order valence-corrected chi connectivity index (χ1v) is 7.61. The molecule has 21 heavy (non-hydrogen) atoms. The Bertz CT molecular complexity index is 740. The van der Waals surface area contributed by atoms with Crippen molar-refractivity contribution in [3.63, 3.8) is 0 Å². The number of sulfonamides is 1. The van der Waals surface area contributed by atoms with Gasteiger partial charge in [-0.05, 0) is 36.4 Å². The molecule has 0 aliphatic heterocycles. The van der Waals surface area contributed by atoms with E-state index in [9.17, 15) is 18.6 Å². The maximum atomic E-state index is 12.2. The minimum Gasteiger partial charge on any atom is -0.504 e. The molecule has 0 spiro atoms.